The van der Waals surface area contributed by atoms with Crippen LogP contribution in [0.5, 0.6) is 5.75 Å². The van der Waals surface area contributed by atoms with E-state index in [0.29, 0.717) is 0 Å². The predicted octanol–water partition coefficient (Wildman–Crippen LogP) is 2.90. The van der Waals surface area contributed by atoms with Gasteiger partial charge in [-0.2, -0.15) is 5.26 Å². The van der Waals surface area contributed by atoms with Crippen molar-refractivity contribution in [2.24, 2.45) is 0 Å². The summed E-state index contributed by atoms with van der Waals surface area (Å²) in [6.45, 7) is 0. The van der Waals surface area contributed by atoms with Crippen LogP contribution >= 0.6 is 11.6 Å². The Hall–Kier alpha value is -1.94. The molecule has 0 bridgehead atoms. The van der Waals surface area contributed by atoms with E-state index >= 15 is 0 Å². The zero-order chi connectivity index (χ0) is 13.9. The molecule has 0 amide bonds. The molecule has 0 saturated carbocycles. The van der Waals surface area contributed by atoms with Crippen molar-refractivity contribution in [1.29, 1.82) is 5.26 Å². The fourth-order valence-corrected chi connectivity index (χ4v) is 1.38. The highest BCUT2D eigenvalue weighted by atomic mass is 35.5. The second-order valence-electron chi connectivity index (χ2n) is 2.98. The van der Waals surface area contributed by atoms with Crippen LogP contribution in [-0.4, -0.2) is 19.4 Å². The average molecular weight is 280 g/mol. The van der Waals surface area contributed by atoms with E-state index in [-0.39, 0.29) is 5.02 Å². The van der Waals surface area contributed by atoms with Gasteiger partial charge in [-0.25, -0.2) is 4.79 Å². The number of esters is 1. The fourth-order valence-electron chi connectivity index (χ4n) is 1.16. The second kappa shape index (κ2) is 5.14. The van der Waals surface area contributed by atoms with Gasteiger partial charge in [-0.15, -0.1) is 13.2 Å². The molecule has 0 aromatic heterocycles. The van der Waals surface area contributed by atoms with Crippen molar-refractivity contribution < 1.29 is 27.4 Å². The van der Waals surface area contributed by atoms with Crippen LogP contribution in [0.3, 0.4) is 0 Å². The van der Waals surface area contributed by atoms with Gasteiger partial charge in [0.05, 0.1) is 12.7 Å². The summed E-state index contributed by atoms with van der Waals surface area (Å²) in [5, 5.41) is 8.63. The molecule has 0 aliphatic heterocycles. The van der Waals surface area contributed by atoms with Gasteiger partial charge in [-0.3, -0.25) is 0 Å². The molecule has 0 heterocycles. The van der Waals surface area contributed by atoms with Crippen LogP contribution in [0.25, 0.3) is 0 Å². The molecule has 18 heavy (non-hydrogen) atoms. The summed E-state index contributed by atoms with van der Waals surface area (Å²) < 4.78 is 44.5. The van der Waals surface area contributed by atoms with E-state index in [9.17, 15) is 18.0 Å². The third-order valence-electron chi connectivity index (χ3n) is 1.80. The number of ether oxygens (including phenoxy) is 2. The van der Waals surface area contributed by atoms with Gasteiger partial charge in [0.2, 0.25) is 0 Å². The Bertz CT molecular complexity index is 522. The lowest BCUT2D eigenvalue weighted by Crippen LogP contribution is -2.20. The smallest absolute Gasteiger partial charge is 0.465 e. The molecule has 96 valence electrons. The lowest BCUT2D eigenvalue weighted by atomic mass is 10.1. The van der Waals surface area contributed by atoms with E-state index in [2.05, 4.69) is 9.47 Å². The summed E-state index contributed by atoms with van der Waals surface area (Å²) in [4.78, 5) is 11.3. The van der Waals surface area contributed by atoms with E-state index in [4.69, 9.17) is 16.9 Å². The van der Waals surface area contributed by atoms with Crippen LogP contribution in [-0.2, 0) is 4.74 Å². The number of methoxy groups -OCH3 is 1. The number of carbonyl (C=O) groups is 1. The van der Waals surface area contributed by atoms with E-state index in [1.165, 1.54) is 6.07 Å². The van der Waals surface area contributed by atoms with Gasteiger partial charge in [-0.05, 0) is 12.1 Å². The minimum absolute atomic E-state index is 0.0820. The highest BCUT2D eigenvalue weighted by Crippen LogP contribution is 2.32. The van der Waals surface area contributed by atoms with E-state index in [0.717, 1.165) is 19.2 Å². The summed E-state index contributed by atoms with van der Waals surface area (Å²) in [6, 6.07) is 3.34. The summed E-state index contributed by atoms with van der Waals surface area (Å²) in [5.41, 5.74) is -1.08. The minimum Gasteiger partial charge on any atom is -0.465 e. The minimum atomic E-state index is -5.04. The van der Waals surface area contributed by atoms with Crippen molar-refractivity contribution in [3.63, 3.8) is 0 Å². The van der Waals surface area contributed by atoms with Gasteiger partial charge < -0.3 is 9.47 Å². The Morgan fingerprint density at radius 3 is 2.50 bits per heavy atom. The first-order valence-electron chi connectivity index (χ1n) is 4.36. The third kappa shape index (κ3) is 3.28. The molecule has 0 atom stereocenters. The Morgan fingerprint density at radius 2 is 2.06 bits per heavy atom. The first kappa shape index (κ1) is 14.1. The van der Waals surface area contributed by atoms with E-state index in [1.807, 2.05) is 0 Å². The van der Waals surface area contributed by atoms with Gasteiger partial charge >= 0.3 is 12.3 Å². The molecule has 0 aliphatic carbocycles. The van der Waals surface area contributed by atoms with Crippen molar-refractivity contribution >= 4 is 17.6 Å². The number of alkyl halides is 3. The molecule has 0 fully saturated rings. The van der Waals surface area contributed by atoms with Crippen LogP contribution in [0, 0.1) is 11.3 Å². The molecule has 4 nitrogen and oxygen atoms in total. The van der Waals surface area contributed by atoms with Crippen molar-refractivity contribution in [3.8, 4) is 11.8 Å². The number of hydrogen-bond acceptors (Lipinski definition) is 4. The van der Waals surface area contributed by atoms with Crippen molar-refractivity contribution in [2.75, 3.05) is 7.11 Å². The molecule has 0 aliphatic rings. The maximum atomic E-state index is 12.2. The maximum absolute atomic E-state index is 12.2. The quantitative estimate of drug-likeness (QED) is 0.781. The number of nitriles is 1. The zero-order valence-corrected chi connectivity index (χ0v) is 9.59. The van der Waals surface area contributed by atoms with Gasteiger partial charge in [0.1, 0.15) is 11.6 Å². The third-order valence-corrected chi connectivity index (χ3v) is 2.02. The number of nitrogens with zero attached hydrogens (tertiary/aromatic N) is 1. The van der Waals surface area contributed by atoms with Crippen molar-refractivity contribution in [3.05, 3.63) is 28.3 Å². The Kier molecular flexibility index (Phi) is 4.03. The number of carbonyl (C=O) groups excluding carboxylic acids is 1. The van der Waals surface area contributed by atoms with E-state index < -0.39 is 29.2 Å². The summed E-state index contributed by atoms with van der Waals surface area (Å²) in [5.74, 6) is -2.02. The highest BCUT2D eigenvalue weighted by Gasteiger charge is 2.35. The van der Waals surface area contributed by atoms with Crippen molar-refractivity contribution in [2.45, 2.75) is 6.36 Å². The Balaban J connectivity index is 3.44. The lowest BCUT2D eigenvalue weighted by molar-refractivity contribution is -0.274. The van der Waals surface area contributed by atoms with E-state index in [1.54, 1.807) is 0 Å². The van der Waals surface area contributed by atoms with Crippen LogP contribution in [0.4, 0.5) is 13.2 Å². The number of benzene rings is 1. The molecule has 1 aromatic rings. The molecule has 0 radical (unpaired) electrons. The Morgan fingerprint density at radius 1 is 1.44 bits per heavy atom. The van der Waals surface area contributed by atoms with Gasteiger partial charge in [0.15, 0.2) is 5.75 Å². The van der Waals surface area contributed by atoms with Crippen molar-refractivity contribution in [1.82, 2.24) is 0 Å². The fraction of sp³-hybridized carbons (Fsp3) is 0.200. The van der Waals surface area contributed by atoms with Crippen LogP contribution in [0.15, 0.2) is 12.1 Å². The highest BCUT2D eigenvalue weighted by molar-refractivity contribution is 6.31. The van der Waals surface area contributed by atoms with Gasteiger partial charge in [0.25, 0.3) is 0 Å². The molecular weight excluding hydrogens is 275 g/mol. The molecule has 1 rings (SSSR count). The number of rotatable bonds is 2. The van der Waals surface area contributed by atoms with Crippen LogP contribution in [0.2, 0.25) is 5.02 Å². The average Bonchev–Trinajstić information content (AvgIpc) is 2.28. The molecule has 0 unspecified atom stereocenters. The zero-order valence-electron chi connectivity index (χ0n) is 8.84. The summed E-state index contributed by atoms with van der Waals surface area (Å²) >= 11 is 5.58. The number of halogens is 4. The second-order valence-corrected chi connectivity index (χ2v) is 3.42. The number of hydrogen-bond donors (Lipinski definition) is 0. The van der Waals surface area contributed by atoms with Gasteiger partial charge in [0, 0.05) is 5.02 Å². The lowest BCUT2D eigenvalue weighted by Gasteiger charge is -2.13. The first-order chi connectivity index (χ1) is 8.28. The maximum Gasteiger partial charge on any atom is 0.573 e. The topological polar surface area (TPSA) is 59.3 Å². The molecule has 0 spiro atoms. The summed E-state index contributed by atoms with van der Waals surface area (Å²) in [6.07, 6.45) is -5.04. The molecule has 8 heteroatoms. The molecule has 0 N–H and O–H groups in total. The Labute approximate surface area is 104 Å². The summed E-state index contributed by atoms with van der Waals surface area (Å²) in [7, 11) is 0.979. The standard InChI is InChI=1S/C10H5ClF3NO3/c1-17-9(16)7-3-6(11)2-5(4-15)8(7)18-10(12,13)14/h2-3H,1H3. The molecule has 1 aromatic carbocycles. The molecule has 0 saturated heterocycles. The van der Waals surface area contributed by atoms with Crippen LogP contribution < -0.4 is 4.74 Å². The first-order valence-corrected chi connectivity index (χ1v) is 4.74. The normalized spacial score (nSPS) is 10.7. The predicted molar refractivity (Wildman–Crippen MR) is 54.2 cm³/mol. The largest absolute Gasteiger partial charge is 0.573 e. The monoisotopic (exact) mass is 279 g/mol. The van der Waals surface area contributed by atoms with Crippen LogP contribution in [0.1, 0.15) is 15.9 Å². The molecular formula is C10H5ClF3NO3. The SMILES string of the molecule is COC(=O)c1cc(Cl)cc(C#N)c1OC(F)(F)F. The van der Waals surface area contributed by atoms with Gasteiger partial charge in [-0.1, -0.05) is 11.6 Å².